The molecule has 3 rings (SSSR count). The van der Waals surface area contributed by atoms with Gasteiger partial charge in [-0.15, -0.1) is 10.2 Å². The Balaban J connectivity index is 1.52. The van der Waals surface area contributed by atoms with Crippen LogP contribution in [0.4, 0.5) is 4.39 Å². The molecule has 0 radical (unpaired) electrons. The molecule has 0 spiro atoms. The van der Waals surface area contributed by atoms with E-state index in [4.69, 9.17) is 4.74 Å². The highest BCUT2D eigenvalue weighted by Gasteiger charge is 2.32. The molecular formula is C19H25FN4O2S. The minimum absolute atomic E-state index is 0.0331. The molecule has 1 atom stereocenters. The molecule has 0 aliphatic carbocycles. The van der Waals surface area contributed by atoms with Crippen LogP contribution in [0, 0.1) is 11.7 Å². The number of hydrogen-bond acceptors (Lipinski definition) is 5. The standard InChI is InChI=1S/C19H25FN4O2S/c1-19(2)10-14(8-9-26-19)17(25)21-11-16-22-23-18(24(16)3)27-12-13-4-6-15(20)7-5-13/h4-7,14H,8-12H2,1-3H3,(H,21,25)/t14-/m0/s1. The first-order valence-electron chi connectivity index (χ1n) is 9.01. The van der Waals surface area contributed by atoms with E-state index >= 15 is 0 Å². The summed E-state index contributed by atoms with van der Waals surface area (Å²) in [4.78, 5) is 12.5. The molecule has 146 valence electrons. The van der Waals surface area contributed by atoms with Gasteiger partial charge in [-0.2, -0.15) is 0 Å². The van der Waals surface area contributed by atoms with Crippen LogP contribution in [-0.4, -0.2) is 32.9 Å². The Morgan fingerprint density at radius 1 is 1.37 bits per heavy atom. The summed E-state index contributed by atoms with van der Waals surface area (Å²) in [5.41, 5.74) is 0.760. The van der Waals surface area contributed by atoms with E-state index in [1.807, 2.05) is 25.5 Å². The lowest BCUT2D eigenvalue weighted by molar-refractivity contribution is -0.135. The molecule has 0 saturated carbocycles. The van der Waals surface area contributed by atoms with Crippen molar-refractivity contribution in [3.05, 3.63) is 41.5 Å². The topological polar surface area (TPSA) is 69.0 Å². The maximum Gasteiger partial charge on any atom is 0.223 e. The summed E-state index contributed by atoms with van der Waals surface area (Å²) in [5, 5.41) is 12.1. The molecule has 1 fully saturated rings. The molecule has 2 aromatic rings. The van der Waals surface area contributed by atoms with E-state index < -0.39 is 0 Å². The number of halogens is 1. The van der Waals surface area contributed by atoms with Crippen molar-refractivity contribution in [1.82, 2.24) is 20.1 Å². The SMILES string of the molecule is Cn1c(CNC(=O)[C@H]2CCOC(C)(C)C2)nnc1SCc1ccc(F)cc1. The second-order valence-electron chi connectivity index (χ2n) is 7.39. The Morgan fingerprint density at radius 3 is 2.81 bits per heavy atom. The Bertz CT molecular complexity index is 792. The van der Waals surface area contributed by atoms with Crippen LogP contribution in [0.15, 0.2) is 29.4 Å². The van der Waals surface area contributed by atoms with Gasteiger partial charge in [0, 0.05) is 25.3 Å². The van der Waals surface area contributed by atoms with E-state index in [-0.39, 0.29) is 23.2 Å². The fraction of sp³-hybridized carbons (Fsp3) is 0.526. The van der Waals surface area contributed by atoms with Crippen LogP contribution in [0.1, 0.15) is 38.1 Å². The van der Waals surface area contributed by atoms with Gasteiger partial charge < -0.3 is 14.6 Å². The molecule has 1 aliphatic heterocycles. The molecule has 8 heteroatoms. The number of carbonyl (C=O) groups is 1. The molecule has 0 bridgehead atoms. The van der Waals surface area contributed by atoms with Crippen molar-refractivity contribution < 1.29 is 13.9 Å². The number of rotatable bonds is 6. The third-order valence-corrected chi connectivity index (χ3v) is 5.79. The van der Waals surface area contributed by atoms with E-state index in [0.29, 0.717) is 24.7 Å². The molecule has 6 nitrogen and oxygen atoms in total. The average molecular weight is 393 g/mol. The molecule has 2 heterocycles. The number of aromatic nitrogens is 3. The van der Waals surface area contributed by atoms with Gasteiger partial charge in [0.25, 0.3) is 0 Å². The molecule has 1 aromatic carbocycles. The number of carbonyl (C=O) groups excluding carboxylic acids is 1. The van der Waals surface area contributed by atoms with E-state index in [9.17, 15) is 9.18 Å². The van der Waals surface area contributed by atoms with Crippen molar-refractivity contribution >= 4 is 17.7 Å². The molecule has 1 aliphatic rings. The predicted molar refractivity (Wildman–Crippen MR) is 102 cm³/mol. The van der Waals surface area contributed by atoms with Gasteiger partial charge in [-0.05, 0) is 44.4 Å². The van der Waals surface area contributed by atoms with Gasteiger partial charge in [-0.3, -0.25) is 4.79 Å². The lowest BCUT2D eigenvalue weighted by atomic mass is 9.88. The van der Waals surface area contributed by atoms with E-state index in [1.165, 1.54) is 23.9 Å². The zero-order chi connectivity index (χ0) is 19.4. The van der Waals surface area contributed by atoms with E-state index in [0.717, 1.165) is 23.6 Å². The molecule has 1 saturated heterocycles. The Kier molecular flexibility index (Phi) is 6.16. The number of thioether (sulfide) groups is 1. The third-order valence-electron chi connectivity index (χ3n) is 4.69. The second-order valence-corrected chi connectivity index (χ2v) is 8.33. The summed E-state index contributed by atoms with van der Waals surface area (Å²) in [6.45, 7) is 4.98. The highest BCUT2D eigenvalue weighted by molar-refractivity contribution is 7.98. The van der Waals surface area contributed by atoms with Crippen LogP contribution in [0.3, 0.4) is 0 Å². The third kappa shape index (κ3) is 5.29. The first kappa shape index (κ1) is 19.8. The van der Waals surface area contributed by atoms with Crippen LogP contribution in [-0.2, 0) is 28.9 Å². The zero-order valence-corrected chi connectivity index (χ0v) is 16.7. The number of ether oxygens (including phenoxy) is 1. The van der Waals surface area contributed by atoms with Crippen LogP contribution < -0.4 is 5.32 Å². The predicted octanol–water partition coefficient (Wildman–Crippen LogP) is 3.07. The highest BCUT2D eigenvalue weighted by atomic mass is 32.2. The average Bonchev–Trinajstić information content (AvgIpc) is 2.98. The molecule has 27 heavy (non-hydrogen) atoms. The molecule has 0 unspecified atom stereocenters. The van der Waals surface area contributed by atoms with E-state index in [1.54, 1.807) is 12.1 Å². The summed E-state index contributed by atoms with van der Waals surface area (Å²) < 4.78 is 20.5. The van der Waals surface area contributed by atoms with Crippen LogP contribution >= 0.6 is 11.8 Å². The maximum absolute atomic E-state index is 13.0. The molecule has 1 N–H and O–H groups in total. The fourth-order valence-electron chi connectivity index (χ4n) is 3.12. The number of benzene rings is 1. The molecule has 1 aromatic heterocycles. The van der Waals surface area contributed by atoms with Gasteiger partial charge in [0.05, 0.1) is 12.1 Å². The first-order chi connectivity index (χ1) is 12.8. The van der Waals surface area contributed by atoms with Gasteiger partial charge >= 0.3 is 0 Å². The molecular weight excluding hydrogens is 367 g/mol. The van der Waals surface area contributed by atoms with Gasteiger partial charge in [-0.25, -0.2) is 4.39 Å². The van der Waals surface area contributed by atoms with Gasteiger partial charge in [-0.1, -0.05) is 23.9 Å². The summed E-state index contributed by atoms with van der Waals surface area (Å²) in [5.74, 6) is 1.14. The summed E-state index contributed by atoms with van der Waals surface area (Å²) in [7, 11) is 1.88. The Hall–Kier alpha value is -1.93. The molecule has 1 amide bonds. The quantitative estimate of drug-likeness (QED) is 0.765. The first-order valence-corrected chi connectivity index (χ1v) is 10.00. The van der Waals surface area contributed by atoms with Crippen molar-refractivity contribution in [2.24, 2.45) is 13.0 Å². The minimum atomic E-state index is -0.255. The van der Waals surface area contributed by atoms with Crippen molar-refractivity contribution in [2.75, 3.05) is 6.61 Å². The van der Waals surface area contributed by atoms with Gasteiger partial charge in [0.15, 0.2) is 11.0 Å². The number of hydrogen-bond donors (Lipinski definition) is 1. The monoisotopic (exact) mass is 392 g/mol. The largest absolute Gasteiger partial charge is 0.376 e. The smallest absolute Gasteiger partial charge is 0.223 e. The van der Waals surface area contributed by atoms with Gasteiger partial charge in [0.2, 0.25) is 5.91 Å². The fourth-order valence-corrected chi connectivity index (χ4v) is 4.01. The number of amides is 1. The van der Waals surface area contributed by atoms with Crippen molar-refractivity contribution in [1.29, 1.82) is 0 Å². The van der Waals surface area contributed by atoms with Crippen molar-refractivity contribution in [3.8, 4) is 0 Å². The van der Waals surface area contributed by atoms with Crippen molar-refractivity contribution in [2.45, 2.75) is 49.7 Å². The summed E-state index contributed by atoms with van der Waals surface area (Å²) in [6, 6.07) is 6.42. The van der Waals surface area contributed by atoms with Crippen molar-refractivity contribution in [3.63, 3.8) is 0 Å². The maximum atomic E-state index is 13.0. The van der Waals surface area contributed by atoms with Crippen LogP contribution in [0.25, 0.3) is 0 Å². The normalized spacial score (nSPS) is 19.0. The number of nitrogens with zero attached hydrogens (tertiary/aromatic N) is 3. The Morgan fingerprint density at radius 2 is 2.11 bits per heavy atom. The second kappa shape index (κ2) is 8.39. The zero-order valence-electron chi connectivity index (χ0n) is 15.9. The summed E-state index contributed by atoms with van der Waals surface area (Å²) >= 11 is 1.53. The highest BCUT2D eigenvalue weighted by Crippen LogP contribution is 2.28. The minimum Gasteiger partial charge on any atom is -0.376 e. The lowest BCUT2D eigenvalue weighted by Gasteiger charge is -2.34. The van der Waals surface area contributed by atoms with Gasteiger partial charge in [0.1, 0.15) is 5.82 Å². The summed E-state index contributed by atoms with van der Waals surface area (Å²) in [6.07, 6.45) is 1.46. The lowest BCUT2D eigenvalue weighted by Crippen LogP contribution is -2.41. The van der Waals surface area contributed by atoms with Crippen LogP contribution in [0.2, 0.25) is 0 Å². The number of nitrogens with one attached hydrogen (secondary N) is 1. The van der Waals surface area contributed by atoms with E-state index in [2.05, 4.69) is 15.5 Å². The van der Waals surface area contributed by atoms with Crippen LogP contribution in [0.5, 0.6) is 0 Å². The Labute approximate surface area is 162 Å².